The lowest BCUT2D eigenvalue weighted by atomic mass is 9.86. The number of anilines is 1. The zero-order chi connectivity index (χ0) is 22.9. The highest BCUT2D eigenvalue weighted by molar-refractivity contribution is 7.80. The van der Waals surface area contributed by atoms with E-state index in [4.69, 9.17) is 12.2 Å². The lowest BCUT2D eigenvalue weighted by molar-refractivity contribution is -0.123. The van der Waals surface area contributed by atoms with E-state index in [1.807, 2.05) is 39.0 Å². The first kappa shape index (κ1) is 21.2. The van der Waals surface area contributed by atoms with E-state index in [0.29, 0.717) is 11.1 Å². The largest absolute Gasteiger partial charge is 0.299 e. The van der Waals surface area contributed by atoms with Crippen LogP contribution in [0.5, 0.6) is 0 Å². The van der Waals surface area contributed by atoms with Crippen molar-refractivity contribution in [2.75, 3.05) is 4.90 Å². The molecule has 2 aliphatic rings. The zero-order valence-corrected chi connectivity index (χ0v) is 20.4. The zero-order valence-electron chi connectivity index (χ0n) is 18.0. The normalized spacial score (nSPS) is 17.1. The predicted octanol–water partition coefficient (Wildman–Crippen LogP) is 5.78. The van der Waals surface area contributed by atoms with Crippen LogP contribution in [0.15, 0.2) is 42.5 Å². The standard InChI is InChI=1S/C24H20N2O3S3/c1-12-9-10-16-17(11-12)26(24(3,4)19-18(16)23(30)32-31-19)20(27)13(2)25-21(28)14-7-5-6-8-15(14)22(25)29/h5-11,13H,1-4H3/t13-/m0/s1. The summed E-state index contributed by atoms with van der Waals surface area (Å²) in [5, 5.41) is 0. The summed E-state index contributed by atoms with van der Waals surface area (Å²) in [6.45, 7) is 7.58. The van der Waals surface area contributed by atoms with Crippen molar-refractivity contribution in [2.24, 2.45) is 0 Å². The van der Waals surface area contributed by atoms with Gasteiger partial charge in [0, 0.05) is 11.1 Å². The van der Waals surface area contributed by atoms with Crippen molar-refractivity contribution in [3.05, 3.63) is 67.9 Å². The van der Waals surface area contributed by atoms with Gasteiger partial charge in [-0.3, -0.25) is 24.2 Å². The Morgan fingerprint density at radius 2 is 1.62 bits per heavy atom. The van der Waals surface area contributed by atoms with E-state index in [0.717, 1.165) is 36.0 Å². The summed E-state index contributed by atoms with van der Waals surface area (Å²) in [6, 6.07) is 11.7. The fraction of sp³-hybridized carbons (Fsp3) is 0.250. The predicted molar refractivity (Wildman–Crippen MR) is 130 cm³/mol. The van der Waals surface area contributed by atoms with Crippen LogP contribution in [0.4, 0.5) is 5.69 Å². The summed E-state index contributed by atoms with van der Waals surface area (Å²) in [5.41, 5.74) is 3.68. The lowest BCUT2D eigenvalue weighted by Crippen LogP contribution is -2.56. The highest BCUT2D eigenvalue weighted by Crippen LogP contribution is 2.52. The number of hydrogen-bond donors (Lipinski definition) is 0. The fourth-order valence-corrected chi connectivity index (χ4v) is 7.87. The molecule has 1 atom stereocenters. The molecule has 8 heteroatoms. The molecule has 162 valence electrons. The van der Waals surface area contributed by atoms with Gasteiger partial charge < -0.3 is 0 Å². The average Bonchev–Trinajstić information content (AvgIpc) is 3.26. The minimum atomic E-state index is -0.955. The molecule has 32 heavy (non-hydrogen) atoms. The Kier molecular flexibility index (Phi) is 4.74. The van der Waals surface area contributed by atoms with Gasteiger partial charge >= 0.3 is 0 Å². The smallest absolute Gasteiger partial charge is 0.262 e. The molecule has 5 nitrogen and oxygen atoms in total. The summed E-state index contributed by atoms with van der Waals surface area (Å²) in [6.07, 6.45) is 0. The van der Waals surface area contributed by atoms with Crippen LogP contribution in [-0.4, -0.2) is 28.7 Å². The van der Waals surface area contributed by atoms with Crippen LogP contribution < -0.4 is 4.90 Å². The van der Waals surface area contributed by atoms with Crippen molar-refractivity contribution < 1.29 is 14.4 Å². The molecule has 2 aromatic carbocycles. The quantitative estimate of drug-likeness (QED) is 0.265. The van der Waals surface area contributed by atoms with Crippen molar-refractivity contribution in [3.63, 3.8) is 0 Å². The summed E-state index contributed by atoms with van der Waals surface area (Å²) in [4.78, 5) is 43.9. The van der Waals surface area contributed by atoms with Gasteiger partial charge in [-0.1, -0.05) is 57.2 Å². The maximum absolute atomic E-state index is 14.0. The number of nitrogens with zero attached hydrogens (tertiary/aromatic N) is 2. The Balaban J connectivity index is 1.63. The third-order valence-electron chi connectivity index (χ3n) is 6.20. The number of benzene rings is 2. The Hall–Kier alpha value is -2.68. The Labute approximate surface area is 198 Å². The first-order chi connectivity index (χ1) is 15.1. The van der Waals surface area contributed by atoms with Crippen LogP contribution in [0.3, 0.4) is 0 Å². The van der Waals surface area contributed by atoms with Crippen LogP contribution in [-0.2, 0) is 10.3 Å². The molecule has 0 N–H and O–H groups in total. The molecule has 1 aromatic heterocycles. The molecule has 3 aromatic rings. The number of rotatable bonds is 2. The minimum Gasteiger partial charge on any atom is -0.299 e. The molecule has 0 saturated carbocycles. The third kappa shape index (κ3) is 2.79. The van der Waals surface area contributed by atoms with E-state index in [1.54, 1.807) is 46.4 Å². The second-order valence-electron chi connectivity index (χ2n) is 8.61. The van der Waals surface area contributed by atoms with Gasteiger partial charge in [-0.25, -0.2) is 0 Å². The number of hydrogen-bond acceptors (Lipinski definition) is 6. The van der Waals surface area contributed by atoms with Crippen LogP contribution in [0.1, 0.15) is 51.9 Å². The maximum atomic E-state index is 14.0. The van der Waals surface area contributed by atoms with Gasteiger partial charge in [0.1, 0.15) is 9.87 Å². The molecule has 3 amide bonds. The Morgan fingerprint density at radius 3 is 2.25 bits per heavy atom. The molecule has 3 heterocycles. The number of carbonyl (C=O) groups is 3. The molecule has 0 bridgehead atoms. The first-order valence-corrected chi connectivity index (χ1v) is 12.8. The summed E-state index contributed by atoms with van der Waals surface area (Å²) < 4.78 is 0.809. The summed E-state index contributed by atoms with van der Waals surface area (Å²) in [7, 11) is 3.11. The molecule has 0 spiro atoms. The van der Waals surface area contributed by atoms with Gasteiger partial charge in [-0.2, -0.15) is 0 Å². The highest BCUT2D eigenvalue weighted by atomic mass is 32.9. The molecule has 0 fully saturated rings. The SMILES string of the molecule is Cc1ccc2c(c1)N(C(=O)[C@H](C)N1C(=O)c3ccccc3C1=O)C(C)(C)c1ssc(=S)c1-2. The number of amides is 3. The highest BCUT2D eigenvalue weighted by Gasteiger charge is 2.48. The van der Waals surface area contributed by atoms with E-state index in [1.165, 1.54) is 10.3 Å². The summed E-state index contributed by atoms with van der Waals surface area (Å²) in [5.74, 6) is -1.17. The lowest BCUT2D eigenvalue weighted by Gasteiger charge is -2.44. The minimum absolute atomic E-state index is 0.300. The Bertz CT molecular complexity index is 1350. The molecule has 0 radical (unpaired) electrons. The second-order valence-corrected chi connectivity index (χ2v) is 11.4. The first-order valence-electron chi connectivity index (χ1n) is 10.2. The van der Waals surface area contributed by atoms with Crippen LogP contribution >= 0.6 is 32.9 Å². The van der Waals surface area contributed by atoms with Crippen LogP contribution in [0.25, 0.3) is 11.1 Å². The molecule has 0 unspecified atom stereocenters. The average molecular weight is 481 g/mol. The van der Waals surface area contributed by atoms with Crippen molar-refractivity contribution in [2.45, 2.75) is 39.3 Å². The third-order valence-corrected chi connectivity index (χ3v) is 9.53. The van der Waals surface area contributed by atoms with Crippen molar-refractivity contribution >= 4 is 56.3 Å². The molecule has 0 aliphatic carbocycles. The molecular weight excluding hydrogens is 460 g/mol. The van der Waals surface area contributed by atoms with E-state index in [-0.39, 0.29) is 5.91 Å². The second kappa shape index (κ2) is 7.16. The van der Waals surface area contributed by atoms with Crippen LogP contribution in [0.2, 0.25) is 0 Å². The van der Waals surface area contributed by atoms with Gasteiger partial charge in [-0.15, -0.1) is 0 Å². The molecule has 0 saturated heterocycles. The topological polar surface area (TPSA) is 57.7 Å². The number of fused-ring (bicyclic) bond motifs is 4. The van der Waals surface area contributed by atoms with Gasteiger partial charge in [0.05, 0.1) is 27.2 Å². The van der Waals surface area contributed by atoms with Crippen molar-refractivity contribution in [1.82, 2.24) is 4.90 Å². The van der Waals surface area contributed by atoms with Gasteiger partial charge in [-0.05, 0) is 51.5 Å². The van der Waals surface area contributed by atoms with Crippen molar-refractivity contribution in [3.8, 4) is 11.1 Å². The molecule has 5 rings (SSSR count). The molecule has 2 aliphatic heterocycles. The van der Waals surface area contributed by atoms with Gasteiger partial charge in [0.25, 0.3) is 17.7 Å². The monoisotopic (exact) mass is 480 g/mol. The number of carbonyl (C=O) groups excluding carboxylic acids is 3. The summed E-state index contributed by atoms with van der Waals surface area (Å²) >= 11 is 5.63. The van der Waals surface area contributed by atoms with Gasteiger partial charge in [0.2, 0.25) is 0 Å². The van der Waals surface area contributed by atoms with E-state index < -0.39 is 23.4 Å². The van der Waals surface area contributed by atoms with E-state index in [2.05, 4.69) is 0 Å². The number of imide groups is 1. The van der Waals surface area contributed by atoms with Gasteiger partial charge in [0.15, 0.2) is 0 Å². The van der Waals surface area contributed by atoms with E-state index in [9.17, 15) is 14.4 Å². The van der Waals surface area contributed by atoms with Crippen LogP contribution in [0, 0.1) is 10.7 Å². The molecular formula is C24H20N2O3S3. The maximum Gasteiger partial charge on any atom is 0.262 e. The van der Waals surface area contributed by atoms with E-state index >= 15 is 0 Å². The Morgan fingerprint density at radius 1 is 1.00 bits per heavy atom. The van der Waals surface area contributed by atoms with Crippen molar-refractivity contribution in [1.29, 1.82) is 0 Å². The number of aryl methyl sites for hydroxylation is 1. The fourth-order valence-electron chi connectivity index (χ4n) is 4.59.